The average molecular weight is 517 g/mol. The lowest BCUT2D eigenvalue weighted by molar-refractivity contribution is -0.181. The van der Waals surface area contributed by atoms with E-state index in [2.05, 4.69) is 6.92 Å². The van der Waals surface area contributed by atoms with E-state index in [4.69, 9.17) is 0 Å². The molecule has 2 saturated carbocycles. The molecule has 0 radical (unpaired) electrons. The Hall–Kier alpha value is -1.83. The zero-order valence-corrected chi connectivity index (χ0v) is 23.5. The lowest BCUT2D eigenvalue weighted by atomic mass is 9.39. The third-order valence-corrected chi connectivity index (χ3v) is 11.2. The summed E-state index contributed by atoms with van der Waals surface area (Å²) in [4.78, 5) is 40.2. The Morgan fingerprint density at radius 2 is 1.65 bits per heavy atom. The number of hydrogen-bond acceptors (Lipinski definition) is 7. The highest BCUT2D eigenvalue weighted by molar-refractivity contribution is 6.02. The Morgan fingerprint density at radius 3 is 2.22 bits per heavy atom. The van der Waals surface area contributed by atoms with Crippen LogP contribution in [0.3, 0.4) is 0 Å². The third kappa shape index (κ3) is 3.67. The number of ketones is 3. The predicted molar refractivity (Wildman–Crippen MR) is 138 cm³/mol. The zero-order chi connectivity index (χ0) is 28.1. The van der Waals surface area contributed by atoms with Crippen molar-refractivity contribution < 1.29 is 34.8 Å². The van der Waals surface area contributed by atoms with Gasteiger partial charge in [0.2, 0.25) is 5.78 Å². The van der Waals surface area contributed by atoms with Gasteiger partial charge in [-0.1, -0.05) is 32.4 Å². The van der Waals surface area contributed by atoms with E-state index < -0.39 is 56.6 Å². The maximum absolute atomic E-state index is 14.2. The summed E-state index contributed by atoms with van der Waals surface area (Å²) in [5, 5.41) is 43.7. The van der Waals surface area contributed by atoms with Crippen LogP contribution in [0.4, 0.5) is 0 Å². The fraction of sp³-hybridized carbons (Fsp3) is 0.767. The van der Waals surface area contributed by atoms with E-state index in [1.165, 1.54) is 13.0 Å². The molecule has 4 aliphatic carbocycles. The van der Waals surface area contributed by atoms with Crippen molar-refractivity contribution in [3.63, 3.8) is 0 Å². The Kier molecular flexibility index (Phi) is 6.16. The monoisotopic (exact) mass is 516 g/mol. The standard InChI is InChI=1S/C30H44O7/c1-25(2,36)12-11-21(33)30(8,37)23-19(32)14-27(5)20-10-9-16-17(13-18(31)24(35)26(16,3)4)29(20,7)22(34)15-28(23,27)6/h9,13,17,19-20,23,31-32,36-37H,10-12,14-15H2,1-8H3/t17-,19+,20+,23+,27+,28-,29+,30-/m1/s1. The van der Waals surface area contributed by atoms with Crippen molar-refractivity contribution >= 4 is 17.3 Å². The molecule has 0 aromatic rings. The van der Waals surface area contributed by atoms with Crippen molar-refractivity contribution in [2.75, 3.05) is 0 Å². The summed E-state index contributed by atoms with van der Waals surface area (Å²) in [5.41, 5.74) is -5.39. The van der Waals surface area contributed by atoms with Crippen LogP contribution in [-0.2, 0) is 14.4 Å². The van der Waals surface area contributed by atoms with Gasteiger partial charge in [-0.2, -0.15) is 0 Å². The van der Waals surface area contributed by atoms with E-state index in [1.54, 1.807) is 27.7 Å². The molecule has 2 fully saturated rings. The molecular weight excluding hydrogens is 472 g/mol. The van der Waals surface area contributed by atoms with E-state index in [1.807, 2.05) is 19.9 Å². The highest BCUT2D eigenvalue weighted by Gasteiger charge is 2.74. The Balaban J connectivity index is 1.79. The molecule has 0 aromatic heterocycles. The summed E-state index contributed by atoms with van der Waals surface area (Å²) in [6.45, 7) is 14.1. The molecule has 0 bridgehead atoms. The highest BCUT2D eigenvalue weighted by Crippen LogP contribution is 2.73. The molecule has 0 spiro atoms. The summed E-state index contributed by atoms with van der Waals surface area (Å²) >= 11 is 0. The molecule has 0 saturated heterocycles. The Morgan fingerprint density at radius 1 is 1.05 bits per heavy atom. The second kappa shape index (κ2) is 8.09. The molecule has 4 rings (SSSR count). The van der Waals surface area contributed by atoms with Gasteiger partial charge in [0.15, 0.2) is 11.5 Å². The number of carbonyl (C=O) groups excluding carboxylic acids is 3. The Bertz CT molecular complexity index is 1110. The fourth-order valence-electron chi connectivity index (χ4n) is 8.82. The number of carbonyl (C=O) groups is 3. The molecule has 4 aliphatic rings. The minimum Gasteiger partial charge on any atom is -0.505 e. The number of Topliss-reactive ketones (excluding diaryl/α,β-unsaturated/α-hetero) is 3. The van der Waals surface area contributed by atoms with Gasteiger partial charge in [0.1, 0.15) is 11.4 Å². The van der Waals surface area contributed by atoms with Crippen LogP contribution in [0.5, 0.6) is 0 Å². The number of allylic oxidation sites excluding steroid dienone is 4. The molecule has 0 aliphatic heterocycles. The smallest absolute Gasteiger partial charge is 0.206 e. The summed E-state index contributed by atoms with van der Waals surface area (Å²) < 4.78 is 0. The van der Waals surface area contributed by atoms with Gasteiger partial charge in [-0.25, -0.2) is 0 Å². The summed E-state index contributed by atoms with van der Waals surface area (Å²) in [6, 6.07) is 0. The normalized spacial score (nSPS) is 42.7. The van der Waals surface area contributed by atoms with Gasteiger partial charge >= 0.3 is 0 Å². The lowest BCUT2D eigenvalue weighted by Crippen LogP contribution is -2.64. The molecule has 4 N–H and O–H groups in total. The van der Waals surface area contributed by atoms with Gasteiger partial charge in [-0.05, 0) is 76.7 Å². The molecule has 0 amide bonds. The first-order valence-electron chi connectivity index (χ1n) is 13.5. The second-order valence-corrected chi connectivity index (χ2v) is 14.3. The van der Waals surface area contributed by atoms with Crippen LogP contribution in [0, 0.1) is 39.4 Å². The number of hydrogen-bond donors (Lipinski definition) is 4. The highest BCUT2D eigenvalue weighted by atomic mass is 16.3. The summed E-state index contributed by atoms with van der Waals surface area (Å²) in [5.74, 6) is -2.69. The average Bonchev–Trinajstić information content (AvgIpc) is 2.96. The van der Waals surface area contributed by atoms with E-state index in [9.17, 15) is 34.8 Å². The van der Waals surface area contributed by atoms with Gasteiger partial charge in [0, 0.05) is 30.1 Å². The largest absolute Gasteiger partial charge is 0.505 e. The van der Waals surface area contributed by atoms with Gasteiger partial charge < -0.3 is 20.4 Å². The zero-order valence-electron chi connectivity index (χ0n) is 23.5. The van der Waals surface area contributed by atoms with Crippen LogP contribution >= 0.6 is 0 Å². The molecule has 7 heteroatoms. The fourth-order valence-corrected chi connectivity index (χ4v) is 8.82. The third-order valence-electron chi connectivity index (χ3n) is 11.2. The van der Waals surface area contributed by atoms with E-state index in [0.717, 1.165) is 5.57 Å². The molecule has 0 unspecified atom stereocenters. The van der Waals surface area contributed by atoms with Gasteiger partial charge in [-0.3, -0.25) is 14.4 Å². The van der Waals surface area contributed by atoms with Gasteiger partial charge in [-0.15, -0.1) is 0 Å². The van der Waals surface area contributed by atoms with Crippen LogP contribution < -0.4 is 0 Å². The van der Waals surface area contributed by atoms with Crippen molar-refractivity contribution in [2.45, 2.75) is 105 Å². The maximum Gasteiger partial charge on any atom is 0.206 e. The van der Waals surface area contributed by atoms with Crippen molar-refractivity contribution in [3.8, 4) is 0 Å². The molecule has 0 aromatic carbocycles. The minimum absolute atomic E-state index is 0.0387. The van der Waals surface area contributed by atoms with Crippen LogP contribution in [-0.4, -0.2) is 55.1 Å². The molecule has 8 atom stereocenters. The van der Waals surface area contributed by atoms with Gasteiger partial charge in [0.05, 0.1) is 17.1 Å². The molecule has 7 nitrogen and oxygen atoms in total. The van der Waals surface area contributed by atoms with E-state index in [0.29, 0.717) is 12.8 Å². The van der Waals surface area contributed by atoms with Crippen molar-refractivity contribution in [3.05, 3.63) is 23.5 Å². The number of fused-ring (bicyclic) bond motifs is 5. The van der Waals surface area contributed by atoms with Crippen LogP contribution in [0.2, 0.25) is 0 Å². The van der Waals surface area contributed by atoms with Crippen LogP contribution in [0.25, 0.3) is 0 Å². The first-order chi connectivity index (χ1) is 16.7. The summed E-state index contributed by atoms with van der Waals surface area (Å²) in [7, 11) is 0. The van der Waals surface area contributed by atoms with Crippen molar-refractivity contribution in [1.82, 2.24) is 0 Å². The number of rotatable bonds is 5. The number of aliphatic hydroxyl groups is 4. The van der Waals surface area contributed by atoms with Crippen LogP contribution in [0.1, 0.15) is 87.5 Å². The quantitative estimate of drug-likeness (QED) is 0.408. The Labute approximate surface area is 220 Å². The predicted octanol–water partition coefficient (Wildman–Crippen LogP) is 3.84. The van der Waals surface area contributed by atoms with Crippen molar-refractivity contribution in [2.24, 2.45) is 39.4 Å². The molecule has 0 heterocycles. The first-order valence-corrected chi connectivity index (χ1v) is 13.5. The van der Waals surface area contributed by atoms with Crippen LogP contribution in [0.15, 0.2) is 23.5 Å². The van der Waals surface area contributed by atoms with Gasteiger partial charge in [0.25, 0.3) is 0 Å². The molecular formula is C30H44O7. The van der Waals surface area contributed by atoms with Crippen molar-refractivity contribution in [1.29, 1.82) is 0 Å². The van der Waals surface area contributed by atoms with E-state index in [-0.39, 0.29) is 42.5 Å². The first kappa shape index (κ1) is 28.2. The lowest BCUT2D eigenvalue weighted by Gasteiger charge is -2.63. The summed E-state index contributed by atoms with van der Waals surface area (Å²) in [6.07, 6.45) is 3.64. The van der Waals surface area contributed by atoms with E-state index >= 15 is 0 Å². The second-order valence-electron chi connectivity index (χ2n) is 14.3. The minimum atomic E-state index is -1.88. The SMILES string of the molecule is CC(C)(O)CCC(=O)[C@@](C)(O)[C@H]1[C@@H](O)C[C@@]2(C)[C@@H]3CC=C4[C@@H](C=C(O)C(=O)C4(C)C)[C@]3(C)C(=O)C[C@]12C. The molecule has 206 valence electrons. The topological polar surface area (TPSA) is 132 Å². The molecule has 37 heavy (non-hydrogen) atoms. The maximum atomic E-state index is 14.2. The number of aliphatic hydroxyl groups excluding tert-OH is 2.